The molecule has 0 aromatic rings. The third-order valence-corrected chi connectivity index (χ3v) is 3.35. The molecule has 0 saturated carbocycles. The Morgan fingerprint density at radius 2 is 2.22 bits per heavy atom. The van der Waals surface area contributed by atoms with Crippen LogP contribution in [0, 0.1) is 0 Å². The maximum absolute atomic E-state index is 11.8. The van der Waals surface area contributed by atoms with E-state index in [9.17, 15) is 9.90 Å². The summed E-state index contributed by atoms with van der Waals surface area (Å²) in [4.78, 5) is 13.9. The summed E-state index contributed by atoms with van der Waals surface area (Å²) in [6.45, 7) is 6.39. The van der Waals surface area contributed by atoms with E-state index in [0.29, 0.717) is 13.2 Å². The molecule has 1 heterocycles. The molecule has 106 valence electrons. The Hall–Kier alpha value is -0.650. The van der Waals surface area contributed by atoms with Crippen molar-refractivity contribution in [1.29, 1.82) is 0 Å². The van der Waals surface area contributed by atoms with Crippen molar-refractivity contribution in [2.24, 2.45) is 0 Å². The van der Waals surface area contributed by atoms with E-state index in [-0.39, 0.29) is 11.9 Å². The Balaban J connectivity index is 2.31. The van der Waals surface area contributed by atoms with Crippen molar-refractivity contribution in [3.8, 4) is 0 Å². The minimum Gasteiger partial charge on any atom is -0.390 e. The fourth-order valence-corrected chi connectivity index (χ4v) is 2.29. The maximum atomic E-state index is 11.8. The fraction of sp³-hybridized carbons (Fsp3) is 0.923. The molecule has 1 rings (SSSR count). The van der Waals surface area contributed by atoms with Crippen LogP contribution in [0.2, 0.25) is 0 Å². The van der Waals surface area contributed by atoms with Crippen LogP contribution in [-0.2, 0) is 9.53 Å². The molecule has 2 N–H and O–H groups in total. The van der Waals surface area contributed by atoms with Crippen LogP contribution in [-0.4, -0.2) is 60.9 Å². The van der Waals surface area contributed by atoms with Crippen molar-refractivity contribution in [1.82, 2.24) is 10.2 Å². The molecular formula is C13H26N2O3. The molecule has 0 radical (unpaired) electrons. The van der Waals surface area contributed by atoms with Gasteiger partial charge in [-0.3, -0.25) is 9.69 Å². The van der Waals surface area contributed by atoms with Gasteiger partial charge in [-0.2, -0.15) is 0 Å². The molecule has 0 bridgehead atoms. The van der Waals surface area contributed by atoms with Gasteiger partial charge in [-0.15, -0.1) is 0 Å². The standard InChI is InChI=1S/C13H26N2O3/c1-11(10-18-3)14-12(16)9-15-7-4-5-13(2,17)6-8-15/h11,17H,4-10H2,1-3H3,(H,14,16). The molecule has 5 heteroatoms. The van der Waals surface area contributed by atoms with Gasteiger partial charge >= 0.3 is 0 Å². The predicted molar refractivity (Wildman–Crippen MR) is 70.4 cm³/mol. The van der Waals surface area contributed by atoms with Crippen LogP contribution in [0.4, 0.5) is 0 Å². The monoisotopic (exact) mass is 258 g/mol. The fourth-order valence-electron chi connectivity index (χ4n) is 2.29. The summed E-state index contributed by atoms with van der Waals surface area (Å²) in [5.41, 5.74) is -0.575. The maximum Gasteiger partial charge on any atom is 0.234 e. The van der Waals surface area contributed by atoms with Gasteiger partial charge in [-0.25, -0.2) is 0 Å². The topological polar surface area (TPSA) is 61.8 Å². The van der Waals surface area contributed by atoms with Crippen molar-refractivity contribution >= 4 is 5.91 Å². The minimum absolute atomic E-state index is 0.0288. The second-order valence-corrected chi connectivity index (χ2v) is 5.55. The number of hydrogen-bond acceptors (Lipinski definition) is 4. The molecule has 5 nitrogen and oxygen atoms in total. The highest BCUT2D eigenvalue weighted by molar-refractivity contribution is 5.78. The van der Waals surface area contributed by atoms with Crippen molar-refractivity contribution in [2.45, 2.75) is 44.8 Å². The van der Waals surface area contributed by atoms with E-state index in [1.807, 2.05) is 13.8 Å². The van der Waals surface area contributed by atoms with Crippen LogP contribution >= 0.6 is 0 Å². The number of methoxy groups -OCH3 is 1. The summed E-state index contributed by atoms with van der Waals surface area (Å²) < 4.78 is 4.98. The van der Waals surface area contributed by atoms with Crippen molar-refractivity contribution in [3.05, 3.63) is 0 Å². The predicted octanol–water partition coefficient (Wildman–Crippen LogP) is 0.374. The van der Waals surface area contributed by atoms with Crippen molar-refractivity contribution in [2.75, 3.05) is 33.4 Å². The largest absolute Gasteiger partial charge is 0.390 e. The van der Waals surface area contributed by atoms with E-state index >= 15 is 0 Å². The molecule has 1 aliphatic rings. The molecule has 1 saturated heterocycles. The highest BCUT2D eigenvalue weighted by Gasteiger charge is 2.25. The van der Waals surface area contributed by atoms with Gasteiger partial charge in [0.15, 0.2) is 0 Å². The van der Waals surface area contributed by atoms with E-state index in [2.05, 4.69) is 10.2 Å². The molecule has 0 spiro atoms. The molecule has 1 amide bonds. The lowest BCUT2D eigenvalue weighted by atomic mass is 9.98. The van der Waals surface area contributed by atoms with Gasteiger partial charge in [-0.05, 0) is 39.7 Å². The quantitative estimate of drug-likeness (QED) is 0.748. The van der Waals surface area contributed by atoms with Gasteiger partial charge in [0.05, 0.1) is 18.8 Å². The number of likely N-dealkylation sites (tertiary alicyclic amines) is 1. The van der Waals surface area contributed by atoms with E-state index in [1.165, 1.54) is 0 Å². The molecule has 1 fully saturated rings. The Morgan fingerprint density at radius 1 is 1.50 bits per heavy atom. The number of aliphatic hydroxyl groups is 1. The van der Waals surface area contributed by atoms with Crippen molar-refractivity contribution in [3.63, 3.8) is 0 Å². The first-order chi connectivity index (χ1) is 8.43. The Bertz CT molecular complexity index is 269. The van der Waals surface area contributed by atoms with Crippen LogP contribution in [0.3, 0.4) is 0 Å². The number of carbonyl (C=O) groups is 1. The summed E-state index contributed by atoms with van der Waals surface area (Å²) in [5.74, 6) is 0.0288. The molecule has 0 aliphatic carbocycles. The van der Waals surface area contributed by atoms with Crippen molar-refractivity contribution < 1.29 is 14.6 Å². The number of nitrogens with zero attached hydrogens (tertiary/aromatic N) is 1. The first kappa shape index (κ1) is 15.4. The Labute approximate surface area is 109 Å². The summed E-state index contributed by atoms with van der Waals surface area (Å²) in [7, 11) is 1.62. The van der Waals surface area contributed by atoms with E-state index in [1.54, 1.807) is 7.11 Å². The smallest absolute Gasteiger partial charge is 0.234 e. The SMILES string of the molecule is COCC(C)NC(=O)CN1CCCC(C)(O)CC1. The molecule has 0 aromatic carbocycles. The first-order valence-corrected chi connectivity index (χ1v) is 6.66. The molecule has 2 atom stereocenters. The van der Waals surface area contributed by atoms with Gasteiger partial charge in [0.1, 0.15) is 0 Å². The zero-order chi connectivity index (χ0) is 13.6. The van der Waals surface area contributed by atoms with E-state index < -0.39 is 5.60 Å². The second kappa shape index (κ2) is 7.07. The minimum atomic E-state index is -0.575. The Kier molecular flexibility index (Phi) is 6.05. The summed E-state index contributed by atoms with van der Waals surface area (Å²) in [5, 5.41) is 12.9. The van der Waals surface area contributed by atoms with Gasteiger partial charge in [-0.1, -0.05) is 0 Å². The van der Waals surface area contributed by atoms with Crippen LogP contribution in [0.15, 0.2) is 0 Å². The zero-order valence-corrected chi connectivity index (χ0v) is 11.7. The van der Waals surface area contributed by atoms with Crippen LogP contribution in [0.25, 0.3) is 0 Å². The third-order valence-electron chi connectivity index (χ3n) is 3.35. The number of hydrogen-bond donors (Lipinski definition) is 2. The number of ether oxygens (including phenoxy) is 1. The second-order valence-electron chi connectivity index (χ2n) is 5.55. The zero-order valence-electron chi connectivity index (χ0n) is 11.7. The average Bonchev–Trinajstić information content (AvgIpc) is 2.40. The molecule has 2 unspecified atom stereocenters. The van der Waals surface area contributed by atoms with E-state index in [0.717, 1.165) is 32.4 Å². The van der Waals surface area contributed by atoms with Gasteiger partial charge < -0.3 is 15.2 Å². The molecule has 1 aliphatic heterocycles. The number of carbonyl (C=O) groups excluding carboxylic acids is 1. The molecule has 18 heavy (non-hydrogen) atoms. The van der Waals surface area contributed by atoms with Gasteiger partial charge in [0, 0.05) is 19.7 Å². The van der Waals surface area contributed by atoms with Gasteiger partial charge in [0.2, 0.25) is 5.91 Å². The van der Waals surface area contributed by atoms with Gasteiger partial charge in [0.25, 0.3) is 0 Å². The van der Waals surface area contributed by atoms with Crippen LogP contribution in [0.1, 0.15) is 33.1 Å². The average molecular weight is 258 g/mol. The van der Waals surface area contributed by atoms with Crippen LogP contribution in [0.5, 0.6) is 0 Å². The number of rotatable bonds is 5. The normalized spacial score (nSPS) is 27.6. The van der Waals surface area contributed by atoms with E-state index in [4.69, 9.17) is 4.74 Å². The highest BCUT2D eigenvalue weighted by Crippen LogP contribution is 2.20. The lowest BCUT2D eigenvalue weighted by molar-refractivity contribution is -0.123. The number of nitrogens with one attached hydrogen (secondary N) is 1. The summed E-state index contributed by atoms with van der Waals surface area (Å²) >= 11 is 0. The highest BCUT2D eigenvalue weighted by atomic mass is 16.5. The molecule has 0 aromatic heterocycles. The Morgan fingerprint density at radius 3 is 2.89 bits per heavy atom. The lowest BCUT2D eigenvalue weighted by Crippen LogP contribution is -2.43. The first-order valence-electron chi connectivity index (χ1n) is 6.66. The summed E-state index contributed by atoms with van der Waals surface area (Å²) in [6, 6.07) is 0.0394. The summed E-state index contributed by atoms with van der Waals surface area (Å²) in [6.07, 6.45) is 2.48. The number of amides is 1. The van der Waals surface area contributed by atoms with Crippen LogP contribution < -0.4 is 5.32 Å². The third kappa shape index (κ3) is 5.80. The molecular weight excluding hydrogens is 232 g/mol. The lowest BCUT2D eigenvalue weighted by Gasteiger charge is -2.22.